The number of ether oxygens (including phenoxy) is 2. The van der Waals surface area contributed by atoms with Crippen molar-refractivity contribution in [3.8, 4) is 5.75 Å². The molecule has 4 nitrogen and oxygen atoms in total. The summed E-state index contributed by atoms with van der Waals surface area (Å²) in [5.41, 5.74) is 1.02. The Hall–Kier alpha value is -1.55. The molecule has 2 aliphatic heterocycles. The van der Waals surface area contributed by atoms with E-state index < -0.39 is 0 Å². The maximum Gasteiger partial charge on any atom is 0.225 e. The molecule has 2 aliphatic rings. The summed E-state index contributed by atoms with van der Waals surface area (Å²) >= 11 is 0. The number of nitrogens with zero attached hydrogens (tertiary/aromatic N) is 1. The first-order valence-corrected chi connectivity index (χ1v) is 5.86. The molecule has 2 heterocycles. The van der Waals surface area contributed by atoms with Crippen molar-refractivity contribution in [2.45, 2.75) is 25.1 Å². The molecule has 0 N–H and O–H groups in total. The Labute approximate surface area is 100 Å². The smallest absolute Gasteiger partial charge is 0.225 e. The van der Waals surface area contributed by atoms with E-state index in [2.05, 4.69) is 0 Å². The van der Waals surface area contributed by atoms with Gasteiger partial charge in [-0.05, 0) is 18.6 Å². The molecule has 0 spiro atoms. The highest BCUT2D eigenvalue weighted by molar-refractivity contribution is 5.79. The molecule has 17 heavy (non-hydrogen) atoms. The summed E-state index contributed by atoms with van der Waals surface area (Å²) in [4.78, 5) is 13.7. The summed E-state index contributed by atoms with van der Waals surface area (Å²) in [6.07, 6.45) is 1.37. The van der Waals surface area contributed by atoms with E-state index in [1.807, 2.05) is 29.2 Å². The molecule has 0 saturated carbocycles. The summed E-state index contributed by atoms with van der Waals surface area (Å²) in [6.45, 7) is 0.655. The Kier molecular flexibility index (Phi) is 2.52. The number of hydrogen-bond acceptors (Lipinski definition) is 3. The zero-order valence-electron chi connectivity index (χ0n) is 9.76. The van der Waals surface area contributed by atoms with Crippen molar-refractivity contribution in [1.82, 2.24) is 4.90 Å². The van der Waals surface area contributed by atoms with E-state index in [0.29, 0.717) is 13.0 Å². The van der Waals surface area contributed by atoms with Crippen LogP contribution in [-0.4, -0.2) is 30.6 Å². The molecule has 3 rings (SSSR count). The Morgan fingerprint density at radius 2 is 2.12 bits per heavy atom. The van der Waals surface area contributed by atoms with E-state index >= 15 is 0 Å². The number of rotatable bonds is 2. The number of carbonyl (C=O) groups excluding carboxylic acids is 1. The van der Waals surface area contributed by atoms with Crippen LogP contribution < -0.4 is 4.74 Å². The van der Waals surface area contributed by atoms with Gasteiger partial charge in [-0.1, -0.05) is 12.1 Å². The quantitative estimate of drug-likeness (QED) is 0.780. The van der Waals surface area contributed by atoms with E-state index in [4.69, 9.17) is 9.47 Å². The maximum absolute atomic E-state index is 11.8. The van der Waals surface area contributed by atoms with Gasteiger partial charge in [0, 0.05) is 12.0 Å². The Morgan fingerprint density at radius 3 is 2.82 bits per heavy atom. The van der Waals surface area contributed by atoms with E-state index in [-0.39, 0.29) is 18.2 Å². The molecule has 0 aromatic heterocycles. The number of carbonyl (C=O) groups is 1. The molecule has 1 amide bonds. The summed E-state index contributed by atoms with van der Waals surface area (Å²) < 4.78 is 10.8. The van der Waals surface area contributed by atoms with Crippen LogP contribution >= 0.6 is 0 Å². The van der Waals surface area contributed by atoms with Crippen molar-refractivity contribution in [2.24, 2.45) is 0 Å². The van der Waals surface area contributed by atoms with Gasteiger partial charge < -0.3 is 14.4 Å². The van der Waals surface area contributed by atoms with Gasteiger partial charge in [-0.2, -0.15) is 0 Å². The summed E-state index contributed by atoms with van der Waals surface area (Å²) in [5, 5.41) is 0. The highest BCUT2D eigenvalue weighted by Gasteiger charge is 2.42. The normalized spacial score (nSPS) is 27.4. The van der Waals surface area contributed by atoms with Crippen LogP contribution in [0.4, 0.5) is 0 Å². The second-order valence-corrected chi connectivity index (χ2v) is 4.45. The molecule has 2 saturated heterocycles. The van der Waals surface area contributed by atoms with Crippen LogP contribution in [0.1, 0.15) is 24.6 Å². The van der Waals surface area contributed by atoms with E-state index in [0.717, 1.165) is 17.7 Å². The second-order valence-electron chi connectivity index (χ2n) is 4.45. The standard InChI is InChI=1S/C13H15NO3/c1-16-11-5-2-9(3-6-11)13-14-10(8-17-13)4-7-12(14)15/h2-3,5-6,10,13H,4,7-8H2,1H3. The lowest BCUT2D eigenvalue weighted by Gasteiger charge is -2.22. The third kappa shape index (κ3) is 1.69. The first kappa shape index (κ1) is 10.6. The molecule has 2 fully saturated rings. The van der Waals surface area contributed by atoms with Crippen molar-refractivity contribution in [3.05, 3.63) is 29.8 Å². The predicted octanol–water partition coefficient (Wildman–Crippen LogP) is 1.72. The monoisotopic (exact) mass is 233 g/mol. The van der Waals surface area contributed by atoms with Crippen LogP contribution in [0.2, 0.25) is 0 Å². The van der Waals surface area contributed by atoms with Crippen molar-refractivity contribution in [1.29, 1.82) is 0 Å². The van der Waals surface area contributed by atoms with Gasteiger partial charge in [0.2, 0.25) is 5.91 Å². The predicted molar refractivity (Wildman–Crippen MR) is 61.6 cm³/mol. The van der Waals surface area contributed by atoms with Crippen LogP contribution in [0.15, 0.2) is 24.3 Å². The van der Waals surface area contributed by atoms with Gasteiger partial charge in [-0.25, -0.2) is 0 Å². The first-order valence-electron chi connectivity index (χ1n) is 5.86. The zero-order chi connectivity index (χ0) is 11.8. The molecule has 90 valence electrons. The van der Waals surface area contributed by atoms with E-state index in [1.54, 1.807) is 7.11 Å². The summed E-state index contributed by atoms with van der Waals surface area (Å²) in [7, 11) is 1.64. The largest absolute Gasteiger partial charge is 0.497 e. The molecule has 1 aromatic rings. The zero-order valence-corrected chi connectivity index (χ0v) is 9.76. The van der Waals surface area contributed by atoms with Crippen LogP contribution in [-0.2, 0) is 9.53 Å². The second kappa shape index (κ2) is 4.04. The minimum Gasteiger partial charge on any atom is -0.497 e. The van der Waals surface area contributed by atoms with Crippen LogP contribution in [0.5, 0.6) is 5.75 Å². The fourth-order valence-electron chi connectivity index (χ4n) is 2.56. The number of benzene rings is 1. The fourth-order valence-corrected chi connectivity index (χ4v) is 2.56. The van der Waals surface area contributed by atoms with Crippen molar-refractivity contribution in [2.75, 3.05) is 13.7 Å². The van der Waals surface area contributed by atoms with Gasteiger partial charge in [0.05, 0.1) is 19.8 Å². The number of hydrogen-bond donors (Lipinski definition) is 0. The van der Waals surface area contributed by atoms with Gasteiger partial charge >= 0.3 is 0 Å². The minimum atomic E-state index is -0.207. The molecule has 2 atom stereocenters. The van der Waals surface area contributed by atoms with Gasteiger partial charge in [0.1, 0.15) is 5.75 Å². The highest BCUT2D eigenvalue weighted by atomic mass is 16.5. The van der Waals surface area contributed by atoms with Crippen LogP contribution in [0, 0.1) is 0 Å². The number of methoxy groups -OCH3 is 1. The topological polar surface area (TPSA) is 38.8 Å². The Bertz CT molecular complexity index is 429. The molecule has 0 aliphatic carbocycles. The molecular weight excluding hydrogens is 218 g/mol. The van der Waals surface area contributed by atoms with Gasteiger partial charge in [-0.15, -0.1) is 0 Å². The van der Waals surface area contributed by atoms with Gasteiger partial charge in [-0.3, -0.25) is 4.79 Å². The lowest BCUT2D eigenvalue weighted by atomic mass is 10.2. The average molecular weight is 233 g/mol. The van der Waals surface area contributed by atoms with Gasteiger partial charge in [0.25, 0.3) is 0 Å². The lowest BCUT2D eigenvalue weighted by molar-refractivity contribution is -0.134. The third-order valence-corrected chi connectivity index (χ3v) is 3.47. The lowest BCUT2D eigenvalue weighted by Crippen LogP contribution is -2.30. The van der Waals surface area contributed by atoms with E-state index in [9.17, 15) is 4.79 Å². The highest BCUT2D eigenvalue weighted by Crippen LogP contribution is 2.37. The molecular formula is C13H15NO3. The Morgan fingerprint density at radius 1 is 1.35 bits per heavy atom. The van der Waals surface area contributed by atoms with Crippen molar-refractivity contribution < 1.29 is 14.3 Å². The molecule has 0 bridgehead atoms. The van der Waals surface area contributed by atoms with Crippen molar-refractivity contribution >= 4 is 5.91 Å². The average Bonchev–Trinajstić information content (AvgIpc) is 2.93. The van der Waals surface area contributed by atoms with Crippen LogP contribution in [0.3, 0.4) is 0 Å². The Balaban J connectivity index is 1.86. The molecule has 1 aromatic carbocycles. The molecule has 2 unspecified atom stereocenters. The minimum absolute atomic E-state index is 0.202. The number of amides is 1. The van der Waals surface area contributed by atoms with Crippen molar-refractivity contribution in [3.63, 3.8) is 0 Å². The SMILES string of the molecule is COc1ccc(C2OCC3CCC(=O)N32)cc1. The fraction of sp³-hybridized carbons (Fsp3) is 0.462. The first-order chi connectivity index (χ1) is 8.29. The van der Waals surface area contributed by atoms with E-state index in [1.165, 1.54) is 0 Å². The molecule has 4 heteroatoms. The number of fused-ring (bicyclic) bond motifs is 1. The third-order valence-electron chi connectivity index (χ3n) is 3.47. The van der Waals surface area contributed by atoms with Crippen LogP contribution in [0.25, 0.3) is 0 Å². The maximum atomic E-state index is 11.8. The molecule has 0 radical (unpaired) electrons. The summed E-state index contributed by atoms with van der Waals surface area (Å²) in [5.74, 6) is 1.02. The summed E-state index contributed by atoms with van der Waals surface area (Å²) in [6, 6.07) is 7.98. The van der Waals surface area contributed by atoms with Gasteiger partial charge in [0.15, 0.2) is 6.23 Å².